The lowest BCUT2D eigenvalue weighted by Gasteiger charge is -2.37. The van der Waals surface area contributed by atoms with Crippen LogP contribution in [0.25, 0.3) is 5.57 Å². The first-order chi connectivity index (χ1) is 18.0. The molecular formula is C34H31NOS. The van der Waals surface area contributed by atoms with Crippen molar-refractivity contribution in [3.63, 3.8) is 0 Å². The Morgan fingerprint density at radius 2 is 1.62 bits per heavy atom. The molecule has 2 heterocycles. The van der Waals surface area contributed by atoms with Crippen LogP contribution in [0.2, 0.25) is 0 Å². The number of anilines is 3. The summed E-state index contributed by atoms with van der Waals surface area (Å²) < 4.78 is 6.62. The van der Waals surface area contributed by atoms with Gasteiger partial charge in [0.1, 0.15) is 11.5 Å². The molecular weight excluding hydrogens is 470 g/mol. The molecule has 0 fully saturated rings. The zero-order chi connectivity index (χ0) is 25.6. The Morgan fingerprint density at radius 1 is 0.892 bits per heavy atom. The third-order valence-electron chi connectivity index (χ3n) is 7.57. The average molecular weight is 502 g/mol. The van der Waals surface area contributed by atoms with Crippen LogP contribution < -0.4 is 9.64 Å². The summed E-state index contributed by atoms with van der Waals surface area (Å²) in [5, 5.41) is 0. The number of hydrogen-bond donors (Lipinski definition) is 0. The molecule has 0 unspecified atom stereocenters. The predicted molar refractivity (Wildman–Crippen MR) is 158 cm³/mol. The highest BCUT2D eigenvalue weighted by atomic mass is 32.2. The summed E-state index contributed by atoms with van der Waals surface area (Å²) in [5.74, 6) is 3.17. The van der Waals surface area contributed by atoms with Gasteiger partial charge in [-0.1, -0.05) is 69.0 Å². The fourth-order valence-electron chi connectivity index (χ4n) is 5.51. The first-order valence-corrected chi connectivity index (χ1v) is 13.8. The standard InChI is InChI=1S/C34H31NOS/c1-5-9-23(2)24-12-14-26(15-13-24)35(25-10-7-6-8-11-25)27-16-18-31-30(22-27)34(3,4)29-17-19-32-28(20-21-37-32)33(29)36-31/h5-19,22H,1,20-21H2,2-4H3/b23-9+. The Bertz CT molecular complexity index is 1520. The van der Waals surface area contributed by atoms with E-state index in [0.717, 1.165) is 40.7 Å². The minimum absolute atomic E-state index is 0.167. The lowest BCUT2D eigenvalue weighted by atomic mass is 9.75. The maximum atomic E-state index is 6.62. The van der Waals surface area contributed by atoms with Crippen molar-refractivity contribution in [1.29, 1.82) is 0 Å². The van der Waals surface area contributed by atoms with E-state index in [1.54, 1.807) is 0 Å². The molecule has 0 saturated carbocycles. The predicted octanol–water partition coefficient (Wildman–Crippen LogP) is 9.83. The van der Waals surface area contributed by atoms with Gasteiger partial charge in [-0.05, 0) is 73.0 Å². The van der Waals surface area contributed by atoms with Crippen LogP contribution >= 0.6 is 11.8 Å². The van der Waals surface area contributed by atoms with Crippen LogP contribution in [0.4, 0.5) is 17.1 Å². The average Bonchev–Trinajstić information content (AvgIpc) is 3.40. The molecule has 2 nitrogen and oxygen atoms in total. The second kappa shape index (κ2) is 9.32. The Kier molecular flexibility index (Phi) is 5.97. The summed E-state index contributed by atoms with van der Waals surface area (Å²) in [7, 11) is 0. The molecule has 0 bridgehead atoms. The van der Waals surface area contributed by atoms with E-state index in [1.165, 1.54) is 32.7 Å². The molecule has 4 aromatic rings. The van der Waals surface area contributed by atoms with Gasteiger partial charge in [0.05, 0.1) is 0 Å². The smallest absolute Gasteiger partial charge is 0.135 e. The molecule has 0 radical (unpaired) electrons. The molecule has 0 N–H and O–H groups in total. The van der Waals surface area contributed by atoms with E-state index in [9.17, 15) is 0 Å². The molecule has 0 atom stereocenters. The third-order valence-corrected chi connectivity index (χ3v) is 8.67. The quantitative estimate of drug-likeness (QED) is 0.253. The molecule has 0 spiro atoms. The zero-order valence-corrected chi connectivity index (χ0v) is 22.4. The van der Waals surface area contributed by atoms with E-state index < -0.39 is 0 Å². The van der Waals surface area contributed by atoms with Gasteiger partial charge in [-0.25, -0.2) is 0 Å². The first-order valence-electron chi connectivity index (χ1n) is 12.8. The highest BCUT2D eigenvalue weighted by molar-refractivity contribution is 7.99. The second-order valence-corrected chi connectivity index (χ2v) is 11.4. The SMILES string of the molecule is C=C/C=C(\C)c1ccc(N(c2ccccc2)c2ccc3c(c2)C(C)(C)c2ccc4c(c2O3)CCS4)cc1. The van der Waals surface area contributed by atoms with E-state index in [2.05, 4.69) is 117 Å². The van der Waals surface area contributed by atoms with Gasteiger partial charge in [0.25, 0.3) is 0 Å². The van der Waals surface area contributed by atoms with E-state index in [4.69, 9.17) is 4.74 Å². The van der Waals surface area contributed by atoms with Crippen molar-refractivity contribution in [3.8, 4) is 11.5 Å². The number of allylic oxidation sites excluding steroid dienone is 3. The van der Waals surface area contributed by atoms with Gasteiger partial charge < -0.3 is 9.64 Å². The maximum Gasteiger partial charge on any atom is 0.135 e. The van der Waals surface area contributed by atoms with Gasteiger partial charge in [0.15, 0.2) is 0 Å². The molecule has 184 valence electrons. The van der Waals surface area contributed by atoms with E-state index >= 15 is 0 Å². The number of thioether (sulfide) groups is 1. The van der Waals surface area contributed by atoms with Crippen molar-refractivity contribution in [3.05, 3.63) is 126 Å². The van der Waals surface area contributed by atoms with E-state index in [1.807, 2.05) is 23.9 Å². The van der Waals surface area contributed by atoms with Gasteiger partial charge in [0.2, 0.25) is 0 Å². The lowest BCUT2D eigenvalue weighted by Crippen LogP contribution is -2.25. The number of para-hydroxylation sites is 1. The topological polar surface area (TPSA) is 12.5 Å². The highest BCUT2D eigenvalue weighted by Crippen LogP contribution is 2.53. The van der Waals surface area contributed by atoms with E-state index in [-0.39, 0.29) is 5.41 Å². The van der Waals surface area contributed by atoms with Crippen molar-refractivity contribution in [1.82, 2.24) is 0 Å². The summed E-state index contributed by atoms with van der Waals surface area (Å²) in [6.45, 7) is 10.6. The zero-order valence-electron chi connectivity index (χ0n) is 21.6. The Hall–Kier alpha value is -3.69. The molecule has 3 heteroatoms. The van der Waals surface area contributed by atoms with Crippen LogP contribution in [0.1, 0.15) is 43.0 Å². The largest absolute Gasteiger partial charge is 0.456 e. The Morgan fingerprint density at radius 3 is 2.38 bits per heavy atom. The third kappa shape index (κ3) is 4.08. The monoisotopic (exact) mass is 501 g/mol. The number of benzene rings is 4. The van der Waals surface area contributed by atoms with Crippen molar-refractivity contribution < 1.29 is 4.74 Å². The van der Waals surface area contributed by atoms with E-state index in [0.29, 0.717) is 0 Å². The summed E-state index contributed by atoms with van der Waals surface area (Å²) in [4.78, 5) is 3.69. The van der Waals surface area contributed by atoms with Crippen LogP contribution in [0.15, 0.2) is 109 Å². The van der Waals surface area contributed by atoms with Gasteiger partial charge in [-0.2, -0.15) is 0 Å². The summed E-state index contributed by atoms with van der Waals surface area (Å²) in [6.07, 6.45) is 4.95. The van der Waals surface area contributed by atoms with Crippen molar-refractivity contribution in [2.75, 3.05) is 10.7 Å². The number of rotatable bonds is 5. The van der Waals surface area contributed by atoms with Crippen LogP contribution in [0.3, 0.4) is 0 Å². The van der Waals surface area contributed by atoms with Gasteiger partial charge in [0, 0.05) is 49.8 Å². The fourth-order valence-corrected chi connectivity index (χ4v) is 6.57. The van der Waals surface area contributed by atoms with Gasteiger partial charge in [-0.15, -0.1) is 11.8 Å². The van der Waals surface area contributed by atoms with Crippen molar-refractivity contribution >= 4 is 34.4 Å². The van der Waals surface area contributed by atoms with Crippen molar-refractivity contribution in [2.45, 2.75) is 37.5 Å². The lowest BCUT2D eigenvalue weighted by molar-refractivity contribution is 0.412. The minimum atomic E-state index is -0.167. The minimum Gasteiger partial charge on any atom is -0.456 e. The van der Waals surface area contributed by atoms with Crippen molar-refractivity contribution in [2.24, 2.45) is 0 Å². The number of ether oxygens (including phenoxy) is 1. The Labute approximate surface area is 224 Å². The molecule has 2 aliphatic rings. The van der Waals surface area contributed by atoms with Crippen LogP contribution in [-0.2, 0) is 11.8 Å². The molecule has 2 aliphatic heterocycles. The molecule has 0 saturated heterocycles. The molecule has 6 rings (SSSR count). The number of hydrogen-bond acceptors (Lipinski definition) is 3. The maximum absolute atomic E-state index is 6.62. The second-order valence-electron chi connectivity index (χ2n) is 10.2. The summed E-state index contributed by atoms with van der Waals surface area (Å²) >= 11 is 1.93. The summed E-state index contributed by atoms with van der Waals surface area (Å²) in [5.41, 5.74) is 9.45. The van der Waals surface area contributed by atoms with Gasteiger partial charge in [-0.3, -0.25) is 0 Å². The molecule has 0 amide bonds. The van der Waals surface area contributed by atoms with Gasteiger partial charge >= 0.3 is 0 Å². The normalized spacial score (nSPS) is 15.3. The van der Waals surface area contributed by atoms with Crippen LogP contribution in [0, 0.1) is 0 Å². The summed E-state index contributed by atoms with van der Waals surface area (Å²) in [6, 6.07) is 30.5. The molecule has 4 aromatic carbocycles. The fraction of sp³-hybridized carbons (Fsp3) is 0.176. The Balaban J connectivity index is 1.45. The molecule has 37 heavy (non-hydrogen) atoms. The molecule has 0 aromatic heterocycles. The number of nitrogens with zero attached hydrogens (tertiary/aromatic N) is 1. The van der Waals surface area contributed by atoms with Crippen LogP contribution in [0.5, 0.6) is 11.5 Å². The van der Waals surface area contributed by atoms with Crippen LogP contribution in [-0.4, -0.2) is 5.75 Å². The highest BCUT2D eigenvalue weighted by Gasteiger charge is 2.37. The number of fused-ring (bicyclic) bond motifs is 4. The first kappa shape index (κ1) is 23.7. The molecule has 0 aliphatic carbocycles.